The summed E-state index contributed by atoms with van der Waals surface area (Å²) in [4.78, 5) is 13.4. The smallest absolute Gasteiger partial charge is 0.349 e. The lowest BCUT2D eigenvalue weighted by atomic mass is 10.1. The lowest BCUT2D eigenvalue weighted by molar-refractivity contribution is 0.455. The van der Waals surface area contributed by atoms with Gasteiger partial charge in [-0.05, 0) is 12.0 Å². The van der Waals surface area contributed by atoms with Crippen LogP contribution in [0.25, 0.3) is 0 Å². The number of nitrogens with zero attached hydrogens (tertiary/aromatic N) is 2. The lowest BCUT2D eigenvalue weighted by Gasteiger charge is -2.05. The van der Waals surface area contributed by atoms with Gasteiger partial charge < -0.3 is 10.8 Å². The Labute approximate surface area is 103 Å². The largest absolute Gasteiger partial charge is 0.493 e. The number of aromatic hydroxyl groups is 1. The van der Waals surface area contributed by atoms with Crippen molar-refractivity contribution in [2.45, 2.75) is 12.5 Å². The molecule has 6 nitrogen and oxygen atoms in total. The molecule has 0 saturated carbocycles. The average Bonchev–Trinajstić information content (AvgIpc) is 2.66. The van der Waals surface area contributed by atoms with Crippen LogP contribution in [0, 0.1) is 0 Å². The fourth-order valence-electron chi connectivity index (χ4n) is 1.56. The van der Waals surface area contributed by atoms with Crippen molar-refractivity contribution >= 4 is 6.21 Å². The number of aromatic amines is 1. The summed E-state index contributed by atoms with van der Waals surface area (Å²) in [5.41, 5.74) is 6.47. The molecule has 1 heterocycles. The predicted molar refractivity (Wildman–Crippen MR) is 68.7 cm³/mol. The Balaban J connectivity index is 2.01. The van der Waals surface area contributed by atoms with E-state index in [1.165, 1.54) is 12.4 Å². The molecule has 94 valence electrons. The molecule has 0 aliphatic heterocycles. The highest BCUT2D eigenvalue weighted by atomic mass is 16.3. The van der Waals surface area contributed by atoms with Crippen LogP contribution in [0.2, 0.25) is 0 Å². The number of H-pyrrole nitrogens is 1. The van der Waals surface area contributed by atoms with E-state index in [0.717, 1.165) is 10.2 Å². The van der Waals surface area contributed by atoms with Gasteiger partial charge in [0, 0.05) is 12.3 Å². The van der Waals surface area contributed by atoms with Crippen molar-refractivity contribution in [1.82, 2.24) is 9.66 Å². The topological polar surface area (TPSA) is 96.4 Å². The maximum absolute atomic E-state index is 11.2. The first-order chi connectivity index (χ1) is 8.65. The Hall–Kier alpha value is -2.34. The highest BCUT2D eigenvalue weighted by Crippen LogP contribution is 2.01. The summed E-state index contributed by atoms with van der Waals surface area (Å²) in [6, 6.07) is 9.47. The Kier molecular flexibility index (Phi) is 3.59. The number of imidazole rings is 1. The van der Waals surface area contributed by atoms with Crippen molar-refractivity contribution in [3.8, 4) is 5.88 Å². The molecule has 1 unspecified atom stereocenters. The van der Waals surface area contributed by atoms with E-state index in [1.54, 1.807) is 0 Å². The molecule has 18 heavy (non-hydrogen) atoms. The number of aromatic nitrogens is 2. The van der Waals surface area contributed by atoms with Crippen LogP contribution in [-0.2, 0) is 6.42 Å². The molecule has 1 aromatic heterocycles. The average molecular weight is 246 g/mol. The molecule has 0 saturated heterocycles. The first kappa shape index (κ1) is 12.1. The summed E-state index contributed by atoms with van der Waals surface area (Å²) in [5, 5.41) is 12.9. The third-order valence-corrected chi connectivity index (χ3v) is 2.38. The standard InChI is InChI=1S/C12H14N4O2/c13-10(6-9-4-2-1-3-5-9)7-14-16-8-11(17)15-12(16)18/h1-5,7-8,10,17H,6,13H2,(H,15,18). The molecule has 2 rings (SSSR count). The van der Waals surface area contributed by atoms with E-state index >= 15 is 0 Å². The Morgan fingerprint density at radius 1 is 1.44 bits per heavy atom. The van der Waals surface area contributed by atoms with Crippen molar-refractivity contribution in [2.24, 2.45) is 10.8 Å². The highest BCUT2D eigenvalue weighted by molar-refractivity contribution is 5.64. The van der Waals surface area contributed by atoms with Crippen molar-refractivity contribution < 1.29 is 5.11 Å². The Bertz CT molecular complexity index is 586. The zero-order chi connectivity index (χ0) is 13.0. The molecular formula is C12H14N4O2. The second-order valence-electron chi connectivity index (χ2n) is 3.91. The molecule has 0 radical (unpaired) electrons. The minimum absolute atomic E-state index is 0.228. The predicted octanol–water partition coefficient (Wildman–Crippen LogP) is 0.286. The van der Waals surface area contributed by atoms with E-state index in [4.69, 9.17) is 10.8 Å². The molecule has 2 aromatic rings. The number of nitrogens with one attached hydrogen (secondary N) is 1. The summed E-state index contributed by atoms with van der Waals surface area (Å²) in [6.45, 7) is 0. The minimum Gasteiger partial charge on any atom is -0.493 e. The van der Waals surface area contributed by atoms with E-state index < -0.39 is 5.69 Å². The monoisotopic (exact) mass is 246 g/mol. The molecule has 0 amide bonds. The normalized spacial score (nSPS) is 12.9. The van der Waals surface area contributed by atoms with E-state index in [1.807, 2.05) is 30.3 Å². The van der Waals surface area contributed by atoms with Gasteiger partial charge in [0.05, 0.1) is 6.20 Å². The van der Waals surface area contributed by atoms with Crippen molar-refractivity contribution in [2.75, 3.05) is 0 Å². The van der Waals surface area contributed by atoms with Crippen LogP contribution >= 0.6 is 0 Å². The van der Waals surface area contributed by atoms with Crippen molar-refractivity contribution in [3.05, 3.63) is 52.6 Å². The maximum atomic E-state index is 11.2. The van der Waals surface area contributed by atoms with Gasteiger partial charge in [0.15, 0.2) is 0 Å². The number of hydrogen-bond donors (Lipinski definition) is 3. The van der Waals surface area contributed by atoms with Gasteiger partial charge >= 0.3 is 5.69 Å². The van der Waals surface area contributed by atoms with Crippen LogP contribution in [0.1, 0.15) is 5.56 Å². The number of rotatable bonds is 4. The van der Waals surface area contributed by atoms with Gasteiger partial charge in [-0.3, -0.25) is 4.98 Å². The SMILES string of the molecule is NC(C=Nn1cc(O)[nH]c1=O)Cc1ccccc1. The molecule has 0 aliphatic carbocycles. The van der Waals surface area contributed by atoms with Crippen LogP contribution in [0.15, 0.2) is 46.4 Å². The van der Waals surface area contributed by atoms with Gasteiger partial charge in [0.2, 0.25) is 5.88 Å². The van der Waals surface area contributed by atoms with Gasteiger partial charge in [0.25, 0.3) is 0 Å². The van der Waals surface area contributed by atoms with Crippen LogP contribution in [0.5, 0.6) is 5.88 Å². The summed E-state index contributed by atoms with van der Waals surface area (Å²) in [6.07, 6.45) is 3.30. The molecule has 4 N–H and O–H groups in total. The fraction of sp³-hybridized carbons (Fsp3) is 0.167. The zero-order valence-electron chi connectivity index (χ0n) is 9.65. The summed E-state index contributed by atoms with van der Waals surface area (Å²) < 4.78 is 1.00. The lowest BCUT2D eigenvalue weighted by Crippen LogP contribution is -2.25. The van der Waals surface area contributed by atoms with E-state index in [2.05, 4.69) is 10.1 Å². The Morgan fingerprint density at radius 2 is 2.17 bits per heavy atom. The quantitative estimate of drug-likeness (QED) is 0.676. The van der Waals surface area contributed by atoms with Gasteiger partial charge in [-0.2, -0.15) is 9.78 Å². The summed E-state index contributed by atoms with van der Waals surface area (Å²) >= 11 is 0. The first-order valence-electron chi connectivity index (χ1n) is 5.50. The van der Waals surface area contributed by atoms with Crippen LogP contribution in [-0.4, -0.2) is 27.0 Å². The van der Waals surface area contributed by atoms with Gasteiger partial charge in [-0.25, -0.2) is 4.79 Å². The zero-order valence-corrected chi connectivity index (χ0v) is 9.65. The summed E-state index contributed by atoms with van der Waals surface area (Å²) in [7, 11) is 0. The summed E-state index contributed by atoms with van der Waals surface area (Å²) in [5.74, 6) is -0.228. The van der Waals surface area contributed by atoms with Gasteiger partial charge in [-0.1, -0.05) is 30.3 Å². The van der Waals surface area contributed by atoms with Crippen LogP contribution in [0.4, 0.5) is 0 Å². The third kappa shape index (κ3) is 3.08. The molecule has 0 fully saturated rings. The molecule has 0 spiro atoms. The van der Waals surface area contributed by atoms with Crippen LogP contribution in [0.3, 0.4) is 0 Å². The molecule has 0 bridgehead atoms. The number of nitrogens with two attached hydrogens (primary N) is 1. The van der Waals surface area contributed by atoms with E-state index in [-0.39, 0.29) is 11.9 Å². The molecule has 0 aliphatic rings. The fourth-order valence-corrected chi connectivity index (χ4v) is 1.56. The van der Waals surface area contributed by atoms with Crippen molar-refractivity contribution in [1.29, 1.82) is 0 Å². The maximum Gasteiger partial charge on any atom is 0.349 e. The van der Waals surface area contributed by atoms with Crippen molar-refractivity contribution in [3.63, 3.8) is 0 Å². The third-order valence-electron chi connectivity index (χ3n) is 2.38. The van der Waals surface area contributed by atoms with E-state index in [9.17, 15) is 4.79 Å². The second kappa shape index (κ2) is 5.33. The minimum atomic E-state index is -0.504. The molecule has 6 heteroatoms. The molecule has 1 aromatic carbocycles. The molecular weight excluding hydrogens is 232 g/mol. The number of hydrogen-bond acceptors (Lipinski definition) is 4. The highest BCUT2D eigenvalue weighted by Gasteiger charge is 2.02. The number of benzene rings is 1. The van der Waals surface area contributed by atoms with Gasteiger partial charge in [-0.15, -0.1) is 0 Å². The molecule has 1 atom stereocenters. The first-order valence-corrected chi connectivity index (χ1v) is 5.50. The van der Waals surface area contributed by atoms with Crippen LogP contribution < -0.4 is 11.4 Å². The van der Waals surface area contributed by atoms with Gasteiger partial charge in [0.1, 0.15) is 0 Å². The Morgan fingerprint density at radius 3 is 2.78 bits per heavy atom. The second-order valence-corrected chi connectivity index (χ2v) is 3.91. The van der Waals surface area contributed by atoms with E-state index in [0.29, 0.717) is 6.42 Å².